The first-order chi connectivity index (χ1) is 10.2. The summed E-state index contributed by atoms with van der Waals surface area (Å²) in [7, 11) is 3.35. The van der Waals surface area contributed by atoms with Gasteiger partial charge in [-0.05, 0) is 41.7 Å². The molecule has 0 spiro atoms. The fraction of sp³-hybridized carbons (Fsp3) is 0.333. The van der Waals surface area contributed by atoms with Gasteiger partial charge in [0.25, 0.3) is 0 Å². The van der Waals surface area contributed by atoms with Crippen LogP contribution in [0, 0.1) is 0 Å². The minimum atomic E-state index is 0.181. The molecule has 0 saturated heterocycles. The van der Waals surface area contributed by atoms with Crippen molar-refractivity contribution >= 4 is 0 Å². The van der Waals surface area contributed by atoms with Crippen LogP contribution in [0.3, 0.4) is 0 Å². The normalized spacial score (nSPS) is 20.7. The average molecular weight is 283 g/mol. The molecule has 0 aliphatic heterocycles. The number of fused-ring (bicyclic) bond motifs is 1. The summed E-state index contributed by atoms with van der Waals surface area (Å²) < 4.78 is 10.9. The van der Waals surface area contributed by atoms with Gasteiger partial charge in [0.15, 0.2) is 11.5 Å². The zero-order chi connectivity index (χ0) is 14.8. The second-order valence-electron chi connectivity index (χ2n) is 5.57. The summed E-state index contributed by atoms with van der Waals surface area (Å²) >= 11 is 0. The maximum Gasteiger partial charge on any atom is 0.161 e. The van der Waals surface area contributed by atoms with E-state index in [0.717, 1.165) is 24.3 Å². The van der Waals surface area contributed by atoms with Gasteiger partial charge in [0.1, 0.15) is 0 Å². The lowest BCUT2D eigenvalue weighted by Crippen LogP contribution is -2.31. The van der Waals surface area contributed by atoms with Crippen LogP contribution in [0.25, 0.3) is 0 Å². The van der Waals surface area contributed by atoms with Crippen molar-refractivity contribution in [2.75, 3.05) is 14.2 Å². The van der Waals surface area contributed by atoms with Crippen molar-refractivity contribution in [2.24, 2.45) is 5.73 Å². The molecule has 110 valence electrons. The summed E-state index contributed by atoms with van der Waals surface area (Å²) in [5.74, 6) is 1.88. The Bertz CT molecular complexity index is 625. The molecule has 1 aliphatic rings. The van der Waals surface area contributed by atoms with Gasteiger partial charge in [0, 0.05) is 12.0 Å². The van der Waals surface area contributed by atoms with Gasteiger partial charge in [-0.25, -0.2) is 0 Å². The van der Waals surface area contributed by atoms with Crippen LogP contribution in [0.1, 0.15) is 29.0 Å². The number of nitrogens with two attached hydrogens (primary N) is 1. The van der Waals surface area contributed by atoms with Gasteiger partial charge < -0.3 is 15.2 Å². The van der Waals surface area contributed by atoms with Crippen LogP contribution in [0.15, 0.2) is 42.5 Å². The average Bonchev–Trinajstić information content (AvgIpc) is 2.53. The van der Waals surface area contributed by atoms with E-state index in [2.05, 4.69) is 36.4 Å². The molecule has 3 nitrogen and oxygen atoms in total. The molecule has 0 unspecified atom stereocenters. The van der Waals surface area contributed by atoms with Gasteiger partial charge in [-0.2, -0.15) is 0 Å². The highest BCUT2D eigenvalue weighted by molar-refractivity contribution is 5.52. The first kappa shape index (κ1) is 14.0. The van der Waals surface area contributed by atoms with Crippen LogP contribution in [-0.4, -0.2) is 20.3 Å². The first-order valence-electron chi connectivity index (χ1n) is 7.28. The molecule has 2 aromatic carbocycles. The van der Waals surface area contributed by atoms with Crippen LogP contribution in [-0.2, 0) is 6.42 Å². The Labute approximate surface area is 125 Å². The van der Waals surface area contributed by atoms with Gasteiger partial charge in [0.2, 0.25) is 0 Å². The number of hydrogen-bond acceptors (Lipinski definition) is 3. The van der Waals surface area contributed by atoms with E-state index in [4.69, 9.17) is 15.2 Å². The fourth-order valence-corrected chi connectivity index (χ4v) is 3.23. The van der Waals surface area contributed by atoms with Crippen molar-refractivity contribution in [1.29, 1.82) is 0 Å². The zero-order valence-corrected chi connectivity index (χ0v) is 12.5. The summed E-state index contributed by atoms with van der Waals surface area (Å²) in [6, 6.07) is 14.9. The van der Waals surface area contributed by atoms with E-state index in [9.17, 15) is 0 Å². The maximum absolute atomic E-state index is 6.27. The van der Waals surface area contributed by atoms with Gasteiger partial charge in [-0.1, -0.05) is 30.3 Å². The van der Waals surface area contributed by atoms with Crippen molar-refractivity contribution in [1.82, 2.24) is 0 Å². The summed E-state index contributed by atoms with van der Waals surface area (Å²) in [5.41, 5.74) is 10.1. The van der Waals surface area contributed by atoms with Crippen molar-refractivity contribution in [2.45, 2.75) is 24.8 Å². The van der Waals surface area contributed by atoms with Crippen molar-refractivity contribution in [3.8, 4) is 11.5 Å². The number of ether oxygens (including phenoxy) is 2. The van der Waals surface area contributed by atoms with Crippen LogP contribution >= 0.6 is 0 Å². The van der Waals surface area contributed by atoms with Crippen molar-refractivity contribution in [3.63, 3.8) is 0 Å². The van der Waals surface area contributed by atoms with Gasteiger partial charge in [-0.15, -0.1) is 0 Å². The third kappa shape index (κ3) is 2.61. The molecule has 21 heavy (non-hydrogen) atoms. The van der Waals surface area contributed by atoms with E-state index in [1.165, 1.54) is 16.7 Å². The van der Waals surface area contributed by atoms with Crippen LogP contribution < -0.4 is 15.2 Å². The topological polar surface area (TPSA) is 44.5 Å². The molecule has 0 radical (unpaired) electrons. The van der Waals surface area contributed by atoms with Gasteiger partial charge in [-0.3, -0.25) is 0 Å². The molecule has 0 fully saturated rings. The van der Waals surface area contributed by atoms with Crippen LogP contribution in [0.5, 0.6) is 11.5 Å². The van der Waals surface area contributed by atoms with Crippen molar-refractivity contribution in [3.05, 3.63) is 59.2 Å². The predicted molar refractivity (Wildman–Crippen MR) is 84.1 cm³/mol. The Morgan fingerprint density at radius 1 is 1.00 bits per heavy atom. The zero-order valence-electron chi connectivity index (χ0n) is 12.5. The highest BCUT2D eigenvalue weighted by atomic mass is 16.5. The molecule has 2 N–H and O–H groups in total. The summed E-state index contributed by atoms with van der Waals surface area (Å²) in [6.45, 7) is 0. The Kier molecular flexibility index (Phi) is 3.84. The van der Waals surface area contributed by atoms with Gasteiger partial charge in [0.05, 0.1) is 14.2 Å². The van der Waals surface area contributed by atoms with E-state index in [-0.39, 0.29) is 6.04 Å². The van der Waals surface area contributed by atoms with E-state index in [0.29, 0.717) is 5.92 Å². The number of methoxy groups -OCH3 is 2. The number of benzene rings is 2. The Morgan fingerprint density at radius 3 is 2.33 bits per heavy atom. The Hall–Kier alpha value is -2.00. The van der Waals surface area contributed by atoms with E-state index in [1.807, 2.05) is 6.07 Å². The van der Waals surface area contributed by atoms with E-state index in [1.54, 1.807) is 14.2 Å². The molecule has 0 aromatic heterocycles. The molecule has 0 bridgehead atoms. The molecular weight excluding hydrogens is 262 g/mol. The summed E-state index contributed by atoms with van der Waals surface area (Å²) in [4.78, 5) is 0. The molecule has 3 heteroatoms. The second kappa shape index (κ2) is 5.78. The Morgan fingerprint density at radius 2 is 1.67 bits per heavy atom. The first-order valence-corrected chi connectivity index (χ1v) is 7.28. The SMILES string of the molecule is COc1cc2c(cc1OC)[C@@H](c1ccccc1)C[C@H](N)C2. The number of hydrogen-bond donors (Lipinski definition) is 1. The predicted octanol–water partition coefficient (Wildman–Crippen LogP) is 3.11. The van der Waals surface area contributed by atoms with E-state index >= 15 is 0 Å². The third-order valence-electron chi connectivity index (χ3n) is 4.24. The lowest BCUT2D eigenvalue weighted by Gasteiger charge is -2.31. The molecule has 3 rings (SSSR count). The highest BCUT2D eigenvalue weighted by Gasteiger charge is 2.27. The minimum absolute atomic E-state index is 0.181. The maximum atomic E-state index is 6.27. The largest absolute Gasteiger partial charge is 0.493 e. The third-order valence-corrected chi connectivity index (χ3v) is 4.24. The Balaban J connectivity index is 2.11. The number of rotatable bonds is 3. The van der Waals surface area contributed by atoms with Crippen LogP contribution in [0.4, 0.5) is 0 Å². The minimum Gasteiger partial charge on any atom is -0.493 e. The lowest BCUT2D eigenvalue weighted by molar-refractivity contribution is 0.352. The highest BCUT2D eigenvalue weighted by Crippen LogP contribution is 2.41. The summed E-state index contributed by atoms with van der Waals surface area (Å²) in [5, 5.41) is 0. The van der Waals surface area contributed by atoms with E-state index < -0.39 is 0 Å². The molecule has 0 heterocycles. The second-order valence-corrected chi connectivity index (χ2v) is 5.57. The monoisotopic (exact) mass is 283 g/mol. The molecule has 0 saturated carbocycles. The molecule has 0 amide bonds. The summed E-state index contributed by atoms with van der Waals surface area (Å²) in [6.07, 6.45) is 1.85. The standard InChI is InChI=1S/C18H21NO2/c1-20-17-9-13-8-14(19)10-15(12-6-4-3-5-7-12)16(13)11-18(17)21-2/h3-7,9,11,14-15H,8,10,19H2,1-2H3/t14-,15-/m1/s1. The molecular formula is C18H21NO2. The molecule has 2 aromatic rings. The smallest absolute Gasteiger partial charge is 0.161 e. The van der Waals surface area contributed by atoms with Crippen LogP contribution in [0.2, 0.25) is 0 Å². The lowest BCUT2D eigenvalue weighted by atomic mass is 9.77. The molecule has 1 aliphatic carbocycles. The van der Waals surface area contributed by atoms with Gasteiger partial charge >= 0.3 is 0 Å². The van der Waals surface area contributed by atoms with Crippen molar-refractivity contribution < 1.29 is 9.47 Å². The molecule has 2 atom stereocenters. The quantitative estimate of drug-likeness (QED) is 0.941. The fourth-order valence-electron chi connectivity index (χ4n) is 3.23.